The second-order valence-corrected chi connectivity index (χ2v) is 8.78. The molecule has 0 aromatic heterocycles. The van der Waals surface area contributed by atoms with Crippen molar-refractivity contribution in [1.29, 1.82) is 0 Å². The Balaban J connectivity index is 1.65. The normalized spacial score (nSPS) is 36.4. The van der Waals surface area contributed by atoms with Gasteiger partial charge in [0.05, 0.1) is 0 Å². The minimum Gasteiger partial charge on any atom is -0.508 e. The van der Waals surface area contributed by atoms with Gasteiger partial charge in [-0.2, -0.15) is 0 Å². The van der Waals surface area contributed by atoms with Crippen LogP contribution in [-0.2, 0) is 12.8 Å². The third-order valence-electron chi connectivity index (χ3n) is 7.87. The lowest BCUT2D eigenvalue weighted by molar-refractivity contribution is -0.491. The van der Waals surface area contributed by atoms with E-state index in [4.69, 9.17) is 0 Å². The zero-order chi connectivity index (χ0) is 17.8. The van der Waals surface area contributed by atoms with Gasteiger partial charge in [0.15, 0.2) is 0 Å². The predicted octanol–water partition coefficient (Wildman–Crippen LogP) is 4.70. The Morgan fingerprint density at radius 2 is 2.08 bits per heavy atom. The maximum atomic E-state index is 11.1. The lowest BCUT2D eigenvalue weighted by Gasteiger charge is -2.50. The van der Waals surface area contributed by atoms with Crippen LogP contribution in [0.3, 0.4) is 0 Å². The molecular weight excluding hydrogens is 314 g/mol. The smallest absolute Gasteiger partial charge is 0.207 e. The first-order chi connectivity index (χ1) is 11.9. The molecule has 3 aliphatic carbocycles. The van der Waals surface area contributed by atoms with Gasteiger partial charge in [-0.15, -0.1) is 0 Å². The van der Waals surface area contributed by atoms with E-state index in [2.05, 4.69) is 19.9 Å². The molecule has 4 nitrogen and oxygen atoms in total. The van der Waals surface area contributed by atoms with Crippen LogP contribution in [0.4, 0.5) is 0 Å². The number of aryl methyl sites for hydroxylation is 2. The van der Waals surface area contributed by atoms with Crippen LogP contribution in [0.5, 0.6) is 5.75 Å². The molecular formula is C21H29NO3. The summed E-state index contributed by atoms with van der Waals surface area (Å²) >= 11 is 0. The van der Waals surface area contributed by atoms with E-state index in [9.17, 15) is 15.2 Å². The molecule has 136 valence electrons. The van der Waals surface area contributed by atoms with Gasteiger partial charge in [0, 0.05) is 10.8 Å². The van der Waals surface area contributed by atoms with Crippen LogP contribution in [0.25, 0.3) is 0 Å². The van der Waals surface area contributed by atoms with Crippen LogP contribution < -0.4 is 0 Å². The van der Waals surface area contributed by atoms with Crippen LogP contribution in [0, 0.1) is 33.3 Å². The molecule has 5 atom stereocenters. The van der Waals surface area contributed by atoms with Crippen molar-refractivity contribution in [2.75, 3.05) is 6.54 Å². The minimum atomic E-state index is -0.100. The predicted molar refractivity (Wildman–Crippen MR) is 97.5 cm³/mol. The highest BCUT2D eigenvalue weighted by atomic mass is 16.6. The van der Waals surface area contributed by atoms with E-state index in [-0.39, 0.29) is 22.8 Å². The molecule has 25 heavy (non-hydrogen) atoms. The third kappa shape index (κ3) is 2.56. The fraction of sp³-hybridized carbons (Fsp3) is 0.714. The number of benzene rings is 1. The molecule has 2 saturated carbocycles. The molecule has 3 unspecified atom stereocenters. The van der Waals surface area contributed by atoms with Crippen molar-refractivity contribution < 1.29 is 10.0 Å². The van der Waals surface area contributed by atoms with E-state index in [0.29, 0.717) is 23.5 Å². The lowest BCUT2D eigenvalue weighted by atomic mass is 9.54. The van der Waals surface area contributed by atoms with E-state index >= 15 is 0 Å². The zero-order valence-electron chi connectivity index (χ0n) is 15.3. The molecule has 4 rings (SSSR count). The van der Waals surface area contributed by atoms with Crippen LogP contribution in [-0.4, -0.2) is 16.6 Å². The first-order valence-electron chi connectivity index (χ1n) is 9.90. The molecule has 0 bridgehead atoms. The van der Waals surface area contributed by atoms with Crippen molar-refractivity contribution in [2.45, 2.75) is 64.7 Å². The zero-order valence-corrected chi connectivity index (χ0v) is 15.3. The van der Waals surface area contributed by atoms with E-state index in [1.165, 1.54) is 17.5 Å². The summed E-state index contributed by atoms with van der Waals surface area (Å²) in [6, 6.07) is 4.26. The molecule has 0 saturated heterocycles. The average Bonchev–Trinajstić information content (AvgIpc) is 2.90. The largest absolute Gasteiger partial charge is 0.508 e. The maximum Gasteiger partial charge on any atom is 0.207 e. The van der Waals surface area contributed by atoms with Crippen LogP contribution in [0.1, 0.15) is 68.6 Å². The Bertz CT molecular complexity index is 701. The fourth-order valence-electron chi connectivity index (χ4n) is 6.53. The Hall–Kier alpha value is -1.58. The van der Waals surface area contributed by atoms with Gasteiger partial charge < -0.3 is 5.11 Å². The molecule has 0 spiro atoms. The standard InChI is InChI=1S/C21H29NO3/c1-3-13-10-18-14(11-20(13)23)4-6-17-16(18)8-9-21(2)15(12-22(24)25)5-7-19(17)21/h10-11,15-17,19,23H,3-9,12H2,1-2H3/t15-,16?,17?,19?,21-/m1/s1. The number of fused-ring (bicyclic) bond motifs is 5. The number of nitro groups is 1. The summed E-state index contributed by atoms with van der Waals surface area (Å²) in [4.78, 5) is 11.0. The topological polar surface area (TPSA) is 63.4 Å². The maximum absolute atomic E-state index is 11.1. The molecule has 4 heteroatoms. The highest BCUT2D eigenvalue weighted by Crippen LogP contribution is 2.63. The Morgan fingerprint density at radius 1 is 1.28 bits per heavy atom. The highest BCUT2D eigenvalue weighted by Gasteiger charge is 2.55. The summed E-state index contributed by atoms with van der Waals surface area (Å²) in [6.07, 6.45) is 7.52. The van der Waals surface area contributed by atoms with Gasteiger partial charge in [0.1, 0.15) is 5.75 Å². The van der Waals surface area contributed by atoms with Gasteiger partial charge in [-0.25, -0.2) is 0 Å². The molecule has 0 aliphatic heterocycles. The van der Waals surface area contributed by atoms with Crippen LogP contribution in [0.15, 0.2) is 12.1 Å². The molecule has 1 aromatic carbocycles. The van der Waals surface area contributed by atoms with Crippen molar-refractivity contribution in [3.05, 3.63) is 38.9 Å². The van der Waals surface area contributed by atoms with E-state index in [1.54, 1.807) is 0 Å². The summed E-state index contributed by atoms with van der Waals surface area (Å²) in [7, 11) is 0. The summed E-state index contributed by atoms with van der Waals surface area (Å²) in [5, 5.41) is 21.3. The number of aromatic hydroxyl groups is 1. The Labute approximate surface area is 149 Å². The second-order valence-electron chi connectivity index (χ2n) is 8.78. The van der Waals surface area contributed by atoms with E-state index in [1.807, 2.05) is 6.07 Å². The van der Waals surface area contributed by atoms with Crippen LogP contribution >= 0.6 is 0 Å². The van der Waals surface area contributed by atoms with Crippen LogP contribution in [0.2, 0.25) is 0 Å². The van der Waals surface area contributed by atoms with Crippen molar-refractivity contribution in [3.8, 4) is 5.75 Å². The van der Waals surface area contributed by atoms with Crippen molar-refractivity contribution in [1.82, 2.24) is 0 Å². The lowest BCUT2D eigenvalue weighted by Crippen LogP contribution is -2.43. The molecule has 2 fully saturated rings. The molecule has 0 heterocycles. The van der Waals surface area contributed by atoms with Gasteiger partial charge in [0.2, 0.25) is 6.54 Å². The third-order valence-corrected chi connectivity index (χ3v) is 7.87. The van der Waals surface area contributed by atoms with Gasteiger partial charge >= 0.3 is 0 Å². The number of nitrogens with zero attached hydrogens (tertiary/aromatic N) is 1. The summed E-state index contributed by atoms with van der Waals surface area (Å²) in [5.41, 5.74) is 4.01. The molecule has 3 aliphatic rings. The SMILES string of the molecule is CCc1cc2c(cc1O)CCC1C2CC[C@@]2(C)C1CC[C@@H]2C[N+](=O)[O-]. The first kappa shape index (κ1) is 16.9. The van der Waals surface area contributed by atoms with Crippen molar-refractivity contribution in [3.63, 3.8) is 0 Å². The van der Waals surface area contributed by atoms with Crippen molar-refractivity contribution in [2.24, 2.45) is 23.2 Å². The number of hydrogen-bond donors (Lipinski definition) is 1. The number of rotatable bonds is 3. The fourth-order valence-corrected chi connectivity index (χ4v) is 6.53. The molecule has 0 radical (unpaired) electrons. The highest BCUT2D eigenvalue weighted by molar-refractivity contribution is 5.45. The number of hydrogen-bond acceptors (Lipinski definition) is 3. The van der Waals surface area contributed by atoms with Gasteiger partial charge in [0.25, 0.3) is 0 Å². The molecule has 1 aromatic rings. The summed E-state index contributed by atoms with van der Waals surface area (Å²) in [6.45, 7) is 4.58. The quantitative estimate of drug-likeness (QED) is 0.639. The van der Waals surface area contributed by atoms with Gasteiger partial charge in [-0.05, 0) is 90.9 Å². The summed E-state index contributed by atoms with van der Waals surface area (Å²) in [5.74, 6) is 2.58. The monoisotopic (exact) mass is 343 g/mol. The average molecular weight is 343 g/mol. The Kier molecular flexibility index (Phi) is 4.04. The number of phenolic OH excluding ortho intramolecular Hbond substituents is 1. The van der Waals surface area contributed by atoms with E-state index < -0.39 is 0 Å². The minimum absolute atomic E-state index is 0.100. The Morgan fingerprint density at radius 3 is 2.80 bits per heavy atom. The first-order valence-corrected chi connectivity index (χ1v) is 9.90. The number of phenols is 1. The summed E-state index contributed by atoms with van der Waals surface area (Å²) < 4.78 is 0. The molecule has 1 N–H and O–H groups in total. The second kappa shape index (κ2) is 6.00. The van der Waals surface area contributed by atoms with E-state index in [0.717, 1.165) is 44.1 Å². The van der Waals surface area contributed by atoms with Gasteiger partial charge in [-0.3, -0.25) is 10.1 Å². The van der Waals surface area contributed by atoms with Crippen molar-refractivity contribution >= 4 is 0 Å². The molecule has 0 amide bonds. The van der Waals surface area contributed by atoms with Gasteiger partial charge in [-0.1, -0.05) is 19.9 Å².